The fraction of sp³-hybridized carbons (Fsp3) is 0.533. The van der Waals surface area contributed by atoms with Crippen LogP contribution in [0.3, 0.4) is 0 Å². The van der Waals surface area contributed by atoms with E-state index in [1.807, 2.05) is 44.4 Å². The quantitative estimate of drug-likeness (QED) is 0.642. The minimum Gasteiger partial charge on any atom is -0.464 e. The molecule has 1 aliphatic carbocycles. The molecule has 4 heteroatoms. The Bertz CT molecular complexity index is 442. The molecule has 1 aromatic carbocycles. The van der Waals surface area contributed by atoms with Crippen LogP contribution in [0.25, 0.3) is 0 Å². The Hall–Kier alpha value is -1.00. The first-order valence-electron chi connectivity index (χ1n) is 6.69. The van der Waals surface area contributed by atoms with Crippen LogP contribution in [0.15, 0.2) is 29.2 Å². The molecule has 1 fully saturated rings. The molecule has 2 rings (SSSR count). The summed E-state index contributed by atoms with van der Waals surface area (Å²) in [5.41, 5.74) is 0.226. The van der Waals surface area contributed by atoms with Gasteiger partial charge in [-0.1, -0.05) is 12.1 Å². The number of carbonyl (C=O) groups is 1. The minimum absolute atomic E-state index is 0.196. The number of benzene rings is 1. The number of carbonyl (C=O) groups excluding carboxylic acids is 1. The van der Waals surface area contributed by atoms with Crippen LogP contribution in [0, 0.1) is 0 Å². The highest BCUT2D eigenvalue weighted by Gasteiger charge is 2.41. The van der Waals surface area contributed by atoms with E-state index >= 15 is 0 Å². The van der Waals surface area contributed by atoms with Crippen LogP contribution in [0.5, 0.6) is 0 Å². The molecule has 19 heavy (non-hydrogen) atoms. The lowest BCUT2D eigenvalue weighted by Crippen LogP contribution is -2.48. The van der Waals surface area contributed by atoms with Crippen LogP contribution in [-0.2, 0) is 15.1 Å². The fourth-order valence-electron chi connectivity index (χ4n) is 2.10. The lowest BCUT2D eigenvalue weighted by Gasteiger charge is -2.29. The van der Waals surface area contributed by atoms with Crippen molar-refractivity contribution in [3.63, 3.8) is 0 Å². The molecule has 0 heterocycles. The number of esters is 1. The second-order valence-electron chi connectivity index (χ2n) is 4.99. The van der Waals surface area contributed by atoms with Gasteiger partial charge in [0, 0.05) is 10.9 Å². The van der Waals surface area contributed by atoms with E-state index in [0.717, 1.165) is 18.4 Å². The van der Waals surface area contributed by atoms with Gasteiger partial charge in [0.25, 0.3) is 0 Å². The molecule has 1 saturated carbocycles. The summed E-state index contributed by atoms with van der Waals surface area (Å²) in [4.78, 5) is 13.5. The topological polar surface area (TPSA) is 38.3 Å². The van der Waals surface area contributed by atoms with Crippen LogP contribution < -0.4 is 5.32 Å². The number of nitrogens with one attached hydrogen (secondary N) is 1. The van der Waals surface area contributed by atoms with Gasteiger partial charge >= 0.3 is 5.97 Å². The van der Waals surface area contributed by atoms with E-state index in [2.05, 4.69) is 5.32 Å². The van der Waals surface area contributed by atoms with Crippen molar-refractivity contribution in [1.29, 1.82) is 0 Å². The summed E-state index contributed by atoms with van der Waals surface area (Å²) in [5, 5.41) is 3.42. The first-order valence-corrected chi connectivity index (χ1v) is 7.92. The van der Waals surface area contributed by atoms with Crippen molar-refractivity contribution in [2.75, 3.05) is 12.9 Å². The smallest absolute Gasteiger partial charge is 0.330 e. The highest BCUT2D eigenvalue weighted by atomic mass is 32.2. The zero-order chi connectivity index (χ0) is 13.9. The predicted octanol–water partition coefficient (Wildman–Crippen LogP) is 2.94. The second kappa shape index (κ2) is 5.97. The Kier molecular flexibility index (Phi) is 4.53. The van der Waals surface area contributed by atoms with Gasteiger partial charge < -0.3 is 4.74 Å². The molecule has 1 atom stereocenters. The molecule has 0 saturated heterocycles. The number of hydrogen-bond acceptors (Lipinski definition) is 4. The first kappa shape index (κ1) is 14.4. The molecule has 3 nitrogen and oxygen atoms in total. The van der Waals surface area contributed by atoms with Gasteiger partial charge in [-0.05, 0) is 50.6 Å². The molecule has 1 unspecified atom stereocenters. The van der Waals surface area contributed by atoms with Gasteiger partial charge in [0.05, 0.1) is 6.61 Å². The molecular weight excluding hydrogens is 258 g/mol. The summed E-state index contributed by atoms with van der Waals surface area (Å²) in [5.74, 6) is -0.196. The van der Waals surface area contributed by atoms with Gasteiger partial charge in [-0.15, -0.1) is 11.8 Å². The van der Waals surface area contributed by atoms with Crippen molar-refractivity contribution < 1.29 is 9.53 Å². The third-order valence-corrected chi connectivity index (χ3v) is 4.16. The van der Waals surface area contributed by atoms with E-state index in [9.17, 15) is 4.79 Å². The standard InChI is InChI=1S/C15H21NO2S/c1-4-18-14(17)15(2,16-12-7-8-12)11-5-9-13(19-3)10-6-11/h5-6,9-10,12,16H,4,7-8H2,1-3H3. The van der Waals surface area contributed by atoms with Crippen LogP contribution in [-0.4, -0.2) is 24.9 Å². The highest BCUT2D eigenvalue weighted by molar-refractivity contribution is 7.98. The van der Waals surface area contributed by atoms with E-state index in [1.54, 1.807) is 11.8 Å². The van der Waals surface area contributed by atoms with E-state index in [0.29, 0.717) is 12.6 Å². The van der Waals surface area contributed by atoms with Crippen molar-refractivity contribution in [3.8, 4) is 0 Å². The van der Waals surface area contributed by atoms with E-state index in [4.69, 9.17) is 4.74 Å². The Balaban J connectivity index is 2.26. The van der Waals surface area contributed by atoms with Crippen molar-refractivity contribution in [1.82, 2.24) is 5.32 Å². The summed E-state index contributed by atoms with van der Waals surface area (Å²) in [6.45, 7) is 4.16. The lowest BCUT2D eigenvalue weighted by atomic mass is 9.92. The number of hydrogen-bond donors (Lipinski definition) is 1. The second-order valence-corrected chi connectivity index (χ2v) is 5.87. The number of ether oxygens (including phenoxy) is 1. The summed E-state index contributed by atoms with van der Waals surface area (Å²) in [6, 6.07) is 8.56. The van der Waals surface area contributed by atoms with Crippen LogP contribution in [0.4, 0.5) is 0 Å². The zero-order valence-corrected chi connectivity index (χ0v) is 12.5. The molecule has 0 bridgehead atoms. The van der Waals surface area contributed by atoms with Gasteiger partial charge in [0.2, 0.25) is 0 Å². The van der Waals surface area contributed by atoms with Crippen molar-refractivity contribution in [2.45, 2.75) is 43.2 Å². The summed E-state index contributed by atoms with van der Waals surface area (Å²) in [7, 11) is 0. The Morgan fingerprint density at radius 2 is 2.05 bits per heavy atom. The van der Waals surface area contributed by atoms with Crippen molar-refractivity contribution in [2.24, 2.45) is 0 Å². The Labute approximate surface area is 119 Å². The van der Waals surface area contributed by atoms with E-state index < -0.39 is 5.54 Å². The predicted molar refractivity (Wildman–Crippen MR) is 78.4 cm³/mol. The Morgan fingerprint density at radius 3 is 2.53 bits per heavy atom. The normalized spacial score (nSPS) is 17.8. The molecule has 0 radical (unpaired) electrons. The molecule has 0 amide bonds. The van der Waals surface area contributed by atoms with Crippen LogP contribution >= 0.6 is 11.8 Å². The first-order chi connectivity index (χ1) is 9.10. The van der Waals surface area contributed by atoms with Crippen LogP contribution in [0.2, 0.25) is 0 Å². The Morgan fingerprint density at radius 1 is 1.42 bits per heavy atom. The average molecular weight is 279 g/mol. The van der Waals surface area contributed by atoms with Gasteiger partial charge in [-0.2, -0.15) is 0 Å². The fourth-order valence-corrected chi connectivity index (χ4v) is 2.50. The number of thioether (sulfide) groups is 1. The van der Waals surface area contributed by atoms with Gasteiger partial charge in [-0.25, -0.2) is 4.79 Å². The molecule has 1 aliphatic rings. The summed E-state index contributed by atoms with van der Waals surface area (Å²) >= 11 is 1.70. The van der Waals surface area contributed by atoms with Crippen LogP contribution in [0.1, 0.15) is 32.3 Å². The van der Waals surface area contributed by atoms with Gasteiger partial charge in [0.1, 0.15) is 5.54 Å². The van der Waals surface area contributed by atoms with E-state index in [-0.39, 0.29) is 5.97 Å². The monoisotopic (exact) mass is 279 g/mol. The van der Waals surface area contributed by atoms with Crippen molar-refractivity contribution in [3.05, 3.63) is 29.8 Å². The third kappa shape index (κ3) is 3.31. The molecule has 0 aromatic heterocycles. The third-order valence-electron chi connectivity index (χ3n) is 3.42. The molecular formula is C15H21NO2S. The zero-order valence-electron chi connectivity index (χ0n) is 11.7. The number of rotatable bonds is 6. The summed E-state index contributed by atoms with van der Waals surface area (Å²) in [6.07, 6.45) is 4.32. The SMILES string of the molecule is CCOC(=O)C(C)(NC1CC1)c1ccc(SC)cc1. The maximum Gasteiger partial charge on any atom is 0.330 e. The van der Waals surface area contributed by atoms with E-state index in [1.165, 1.54) is 4.90 Å². The molecule has 104 valence electrons. The van der Waals surface area contributed by atoms with Crippen molar-refractivity contribution >= 4 is 17.7 Å². The van der Waals surface area contributed by atoms with Gasteiger partial charge in [0.15, 0.2) is 0 Å². The summed E-state index contributed by atoms with van der Waals surface area (Å²) < 4.78 is 5.24. The molecule has 1 N–H and O–H groups in total. The molecule has 0 aliphatic heterocycles. The average Bonchev–Trinajstić information content (AvgIpc) is 3.23. The van der Waals surface area contributed by atoms with Gasteiger partial charge in [-0.3, -0.25) is 5.32 Å². The maximum absolute atomic E-state index is 12.3. The maximum atomic E-state index is 12.3. The highest BCUT2D eigenvalue weighted by Crippen LogP contribution is 2.30. The molecule has 0 spiro atoms. The largest absolute Gasteiger partial charge is 0.464 e. The minimum atomic E-state index is -0.742. The molecule has 1 aromatic rings. The lowest BCUT2D eigenvalue weighted by molar-refractivity contribution is -0.151.